The smallest absolute Gasteiger partial charge is 0.387 e. The van der Waals surface area contributed by atoms with Gasteiger partial charge < -0.3 is 10.1 Å². The van der Waals surface area contributed by atoms with E-state index in [0.29, 0.717) is 5.69 Å². The summed E-state index contributed by atoms with van der Waals surface area (Å²) in [6.07, 6.45) is 6.25. The molecule has 0 aliphatic rings. The fourth-order valence-electron chi connectivity index (χ4n) is 1.55. The van der Waals surface area contributed by atoms with E-state index in [2.05, 4.69) is 15.0 Å². The molecule has 0 unspecified atom stereocenters. The summed E-state index contributed by atoms with van der Waals surface area (Å²) in [5.74, 6) is -0.296. The van der Waals surface area contributed by atoms with Crippen molar-refractivity contribution in [3.8, 4) is 5.75 Å². The van der Waals surface area contributed by atoms with Crippen LogP contribution in [0.15, 0.2) is 54.9 Å². The van der Waals surface area contributed by atoms with Gasteiger partial charge in [0.1, 0.15) is 5.75 Å². The Morgan fingerprint density at radius 1 is 1.24 bits per heavy atom. The fraction of sp³-hybridized carbons (Fsp3) is 0.0667. The van der Waals surface area contributed by atoms with Crippen LogP contribution in [0, 0.1) is 0 Å². The SMILES string of the molecule is O=C(/C=C/c1cccnc1)Nc1ccc(OC(F)F)cc1. The Balaban J connectivity index is 1.92. The Morgan fingerprint density at radius 3 is 2.62 bits per heavy atom. The highest BCUT2D eigenvalue weighted by Crippen LogP contribution is 2.17. The average molecular weight is 290 g/mol. The lowest BCUT2D eigenvalue weighted by molar-refractivity contribution is -0.111. The second kappa shape index (κ2) is 7.14. The van der Waals surface area contributed by atoms with Crippen LogP contribution in [0.1, 0.15) is 5.56 Å². The summed E-state index contributed by atoms with van der Waals surface area (Å²) in [5.41, 5.74) is 1.28. The zero-order valence-electron chi connectivity index (χ0n) is 10.9. The number of nitrogens with one attached hydrogen (secondary N) is 1. The Labute approximate surface area is 120 Å². The summed E-state index contributed by atoms with van der Waals surface area (Å²) >= 11 is 0. The first-order valence-electron chi connectivity index (χ1n) is 6.07. The minimum absolute atomic E-state index is 0.0360. The van der Waals surface area contributed by atoms with E-state index in [1.54, 1.807) is 24.5 Å². The molecule has 0 saturated heterocycles. The number of anilines is 1. The van der Waals surface area contributed by atoms with Crippen molar-refractivity contribution >= 4 is 17.7 Å². The van der Waals surface area contributed by atoms with Crippen molar-refractivity contribution in [2.45, 2.75) is 6.61 Å². The molecule has 0 aliphatic heterocycles. The summed E-state index contributed by atoms with van der Waals surface area (Å²) in [7, 11) is 0. The number of pyridine rings is 1. The predicted molar refractivity (Wildman–Crippen MR) is 75.0 cm³/mol. The third-order valence-electron chi connectivity index (χ3n) is 2.46. The van der Waals surface area contributed by atoms with Gasteiger partial charge in [-0.25, -0.2) is 0 Å². The van der Waals surface area contributed by atoms with E-state index < -0.39 is 6.61 Å². The number of nitrogens with zero attached hydrogens (tertiary/aromatic N) is 1. The number of amides is 1. The highest BCUT2D eigenvalue weighted by Gasteiger charge is 2.04. The van der Waals surface area contributed by atoms with Gasteiger partial charge >= 0.3 is 6.61 Å². The van der Waals surface area contributed by atoms with Crippen molar-refractivity contribution < 1.29 is 18.3 Å². The second-order valence-electron chi connectivity index (χ2n) is 4.01. The van der Waals surface area contributed by atoms with Gasteiger partial charge in [0.05, 0.1) is 0 Å². The fourth-order valence-corrected chi connectivity index (χ4v) is 1.55. The molecule has 1 aromatic carbocycles. The molecule has 1 amide bonds. The molecular formula is C15H12F2N2O2. The van der Waals surface area contributed by atoms with Crippen molar-refractivity contribution in [3.63, 3.8) is 0 Å². The van der Waals surface area contributed by atoms with E-state index in [-0.39, 0.29) is 11.7 Å². The van der Waals surface area contributed by atoms with E-state index in [0.717, 1.165) is 5.56 Å². The van der Waals surface area contributed by atoms with Crippen LogP contribution in [-0.2, 0) is 4.79 Å². The molecule has 0 aliphatic carbocycles. The molecule has 1 heterocycles. The van der Waals surface area contributed by atoms with Gasteiger partial charge in [0.2, 0.25) is 5.91 Å². The van der Waals surface area contributed by atoms with Crippen molar-refractivity contribution in [2.75, 3.05) is 5.32 Å². The lowest BCUT2D eigenvalue weighted by Crippen LogP contribution is -2.08. The van der Waals surface area contributed by atoms with Crippen molar-refractivity contribution in [2.24, 2.45) is 0 Å². The number of halogens is 2. The van der Waals surface area contributed by atoms with Crippen molar-refractivity contribution in [3.05, 3.63) is 60.4 Å². The van der Waals surface area contributed by atoms with Gasteiger partial charge in [-0.2, -0.15) is 8.78 Å². The van der Waals surface area contributed by atoms with E-state index in [4.69, 9.17) is 0 Å². The Hall–Kier alpha value is -2.76. The van der Waals surface area contributed by atoms with Gasteiger partial charge in [-0.3, -0.25) is 9.78 Å². The quantitative estimate of drug-likeness (QED) is 0.859. The second-order valence-corrected chi connectivity index (χ2v) is 4.01. The number of benzene rings is 1. The standard InChI is InChI=1S/C15H12F2N2O2/c16-15(17)21-13-6-4-12(5-7-13)19-14(20)8-3-11-2-1-9-18-10-11/h1-10,15H,(H,19,20)/b8-3+. The highest BCUT2D eigenvalue weighted by atomic mass is 19.3. The van der Waals surface area contributed by atoms with Crippen LogP contribution >= 0.6 is 0 Å². The maximum atomic E-state index is 12.0. The predicted octanol–water partition coefficient (Wildman–Crippen LogP) is 3.33. The normalized spacial score (nSPS) is 10.8. The summed E-state index contributed by atoms with van der Waals surface area (Å²) < 4.78 is 28.2. The molecule has 0 atom stereocenters. The third-order valence-corrected chi connectivity index (χ3v) is 2.46. The minimum Gasteiger partial charge on any atom is -0.435 e. The summed E-state index contributed by atoms with van der Waals surface area (Å²) in [4.78, 5) is 15.6. The Kier molecular flexibility index (Phi) is 4.98. The molecule has 0 saturated carbocycles. The molecule has 21 heavy (non-hydrogen) atoms. The summed E-state index contributed by atoms with van der Waals surface area (Å²) in [6.45, 7) is -2.87. The molecule has 4 nitrogen and oxygen atoms in total. The van der Waals surface area contributed by atoms with E-state index in [1.807, 2.05) is 6.07 Å². The van der Waals surface area contributed by atoms with Gasteiger partial charge in [-0.15, -0.1) is 0 Å². The van der Waals surface area contributed by atoms with Gasteiger partial charge in [0.15, 0.2) is 0 Å². The third kappa shape index (κ3) is 5.02. The van der Waals surface area contributed by atoms with Gasteiger partial charge in [-0.05, 0) is 42.0 Å². The van der Waals surface area contributed by atoms with Crippen LogP contribution in [-0.4, -0.2) is 17.5 Å². The van der Waals surface area contributed by atoms with Crippen LogP contribution in [0.4, 0.5) is 14.5 Å². The lowest BCUT2D eigenvalue weighted by Gasteiger charge is -2.06. The average Bonchev–Trinajstić information content (AvgIpc) is 2.48. The van der Waals surface area contributed by atoms with Crippen molar-refractivity contribution in [1.29, 1.82) is 0 Å². The van der Waals surface area contributed by atoms with Crippen molar-refractivity contribution in [1.82, 2.24) is 4.98 Å². The molecule has 1 N–H and O–H groups in total. The molecule has 0 spiro atoms. The maximum absolute atomic E-state index is 12.0. The number of ether oxygens (including phenoxy) is 1. The van der Waals surface area contributed by atoms with Gasteiger partial charge in [-0.1, -0.05) is 6.07 Å². The number of hydrogen-bond donors (Lipinski definition) is 1. The Morgan fingerprint density at radius 2 is 2.00 bits per heavy atom. The zero-order valence-corrected chi connectivity index (χ0v) is 10.9. The van der Waals surface area contributed by atoms with E-state index in [1.165, 1.54) is 30.3 Å². The monoisotopic (exact) mass is 290 g/mol. The van der Waals surface area contributed by atoms with Crippen LogP contribution < -0.4 is 10.1 Å². The first kappa shape index (κ1) is 14.6. The zero-order chi connectivity index (χ0) is 15.1. The molecule has 0 radical (unpaired) electrons. The maximum Gasteiger partial charge on any atom is 0.387 e. The lowest BCUT2D eigenvalue weighted by atomic mass is 10.2. The van der Waals surface area contributed by atoms with Crippen LogP contribution in [0.3, 0.4) is 0 Å². The number of rotatable bonds is 5. The van der Waals surface area contributed by atoms with E-state index >= 15 is 0 Å². The van der Waals surface area contributed by atoms with Crippen LogP contribution in [0.2, 0.25) is 0 Å². The summed E-state index contributed by atoms with van der Waals surface area (Å²) in [6, 6.07) is 9.24. The molecule has 1 aromatic heterocycles. The van der Waals surface area contributed by atoms with Crippen LogP contribution in [0.25, 0.3) is 6.08 Å². The Bertz CT molecular complexity index is 613. The topological polar surface area (TPSA) is 51.2 Å². The molecular weight excluding hydrogens is 278 g/mol. The number of carbonyl (C=O) groups excluding carboxylic acids is 1. The number of carbonyl (C=O) groups is 1. The number of hydrogen-bond acceptors (Lipinski definition) is 3. The molecule has 2 rings (SSSR count). The highest BCUT2D eigenvalue weighted by molar-refractivity contribution is 6.01. The molecule has 2 aromatic rings. The molecule has 6 heteroatoms. The van der Waals surface area contributed by atoms with Gasteiger partial charge in [0.25, 0.3) is 0 Å². The first-order chi connectivity index (χ1) is 10.1. The summed E-state index contributed by atoms with van der Waals surface area (Å²) in [5, 5.41) is 2.60. The largest absolute Gasteiger partial charge is 0.435 e. The minimum atomic E-state index is -2.87. The van der Waals surface area contributed by atoms with E-state index in [9.17, 15) is 13.6 Å². The number of alkyl halides is 2. The molecule has 0 fully saturated rings. The number of aromatic nitrogens is 1. The van der Waals surface area contributed by atoms with Crippen LogP contribution in [0.5, 0.6) is 5.75 Å². The first-order valence-corrected chi connectivity index (χ1v) is 6.07. The molecule has 0 bridgehead atoms. The van der Waals surface area contributed by atoms with Gasteiger partial charge in [0, 0.05) is 24.2 Å². The molecule has 108 valence electrons.